The molecule has 2 saturated heterocycles. The van der Waals surface area contributed by atoms with E-state index in [1.165, 1.54) is 0 Å². The molecule has 2 fully saturated rings. The van der Waals surface area contributed by atoms with E-state index < -0.39 is 10.0 Å². The van der Waals surface area contributed by atoms with Crippen molar-refractivity contribution in [2.75, 3.05) is 48.9 Å². The van der Waals surface area contributed by atoms with Crippen molar-refractivity contribution >= 4 is 27.3 Å². The lowest BCUT2D eigenvalue weighted by Gasteiger charge is -2.31. The topological polar surface area (TPSA) is 81.8 Å². The minimum atomic E-state index is -3.75. The van der Waals surface area contributed by atoms with Gasteiger partial charge in [0, 0.05) is 44.8 Å². The zero-order chi connectivity index (χ0) is 20.3. The summed E-state index contributed by atoms with van der Waals surface area (Å²) in [6.07, 6.45) is 2.02. The minimum Gasteiger partial charge on any atom is -0.367 e. The van der Waals surface area contributed by atoms with Crippen LogP contribution in [0.1, 0.15) is 23.2 Å². The molecule has 154 valence electrons. The molecule has 4 rings (SSSR count). The maximum atomic E-state index is 12.9. The normalized spacial score (nSPS) is 17.4. The van der Waals surface area contributed by atoms with Crippen LogP contribution >= 0.6 is 0 Å². The number of nitrogens with one attached hydrogen (secondary N) is 2. The third-order valence-corrected chi connectivity index (χ3v) is 6.77. The Morgan fingerprint density at radius 2 is 1.62 bits per heavy atom. The van der Waals surface area contributed by atoms with Gasteiger partial charge in [0.2, 0.25) is 0 Å². The number of nitrogens with zero attached hydrogens (tertiary/aromatic N) is 2. The zero-order valence-electron chi connectivity index (χ0n) is 16.3. The van der Waals surface area contributed by atoms with Crippen molar-refractivity contribution < 1.29 is 13.2 Å². The number of amides is 1. The van der Waals surface area contributed by atoms with E-state index in [0.717, 1.165) is 57.8 Å². The van der Waals surface area contributed by atoms with Gasteiger partial charge in [0.25, 0.3) is 15.9 Å². The molecule has 0 unspecified atom stereocenters. The third-order valence-electron chi connectivity index (χ3n) is 5.39. The summed E-state index contributed by atoms with van der Waals surface area (Å²) in [5, 5.41) is 3.30. The first-order chi connectivity index (χ1) is 14.0. The molecule has 2 aliphatic heterocycles. The first kappa shape index (κ1) is 19.7. The summed E-state index contributed by atoms with van der Waals surface area (Å²) in [6, 6.07) is 13.6. The van der Waals surface area contributed by atoms with Crippen molar-refractivity contribution in [3.63, 3.8) is 0 Å². The Bertz CT molecular complexity index is 967. The van der Waals surface area contributed by atoms with Crippen molar-refractivity contribution in [3.8, 4) is 0 Å². The molecule has 7 nitrogen and oxygen atoms in total. The quantitative estimate of drug-likeness (QED) is 0.783. The summed E-state index contributed by atoms with van der Waals surface area (Å²) >= 11 is 0. The Kier molecular flexibility index (Phi) is 5.73. The van der Waals surface area contributed by atoms with Gasteiger partial charge in [-0.3, -0.25) is 9.52 Å². The predicted molar refractivity (Wildman–Crippen MR) is 114 cm³/mol. The Morgan fingerprint density at radius 3 is 2.31 bits per heavy atom. The summed E-state index contributed by atoms with van der Waals surface area (Å²) in [5.74, 6) is -0.0467. The second kappa shape index (κ2) is 8.42. The van der Waals surface area contributed by atoms with Crippen LogP contribution in [0.15, 0.2) is 53.4 Å². The molecular formula is C21H26N4O3S. The summed E-state index contributed by atoms with van der Waals surface area (Å²) in [5.41, 5.74) is 1.75. The molecule has 0 bridgehead atoms. The van der Waals surface area contributed by atoms with Gasteiger partial charge in [0.05, 0.1) is 16.3 Å². The van der Waals surface area contributed by atoms with Gasteiger partial charge in [0.15, 0.2) is 0 Å². The summed E-state index contributed by atoms with van der Waals surface area (Å²) in [4.78, 5) is 17.0. The summed E-state index contributed by atoms with van der Waals surface area (Å²) < 4.78 is 28.6. The number of benzene rings is 2. The lowest BCUT2D eigenvalue weighted by Crippen LogP contribution is -2.43. The number of hydrogen-bond donors (Lipinski definition) is 2. The van der Waals surface area contributed by atoms with E-state index in [1.807, 2.05) is 11.0 Å². The summed E-state index contributed by atoms with van der Waals surface area (Å²) in [7, 11) is -3.75. The minimum absolute atomic E-state index is 0.0467. The molecule has 29 heavy (non-hydrogen) atoms. The van der Waals surface area contributed by atoms with E-state index in [2.05, 4.69) is 14.9 Å². The van der Waals surface area contributed by atoms with E-state index in [1.54, 1.807) is 42.5 Å². The van der Waals surface area contributed by atoms with Crippen molar-refractivity contribution in [2.24, 2.45) is 0 Å². The Morgan fingerprint density at radius 1 is 0.931 bits per heavy atom. The molecule has 2 aliphatic rings. The fraction of sp³-hybridized carbons (Fsp3) is 0.381. The van der Waals surface area contributed by atoms with E-state index in [0.29, 0.717) is 11.3 Å². The Labute approximate surface area is 171 Å². The molecular weight excluding hydrogens is 388 g/mol. The average molecular weight is 415 g/mol. The number of carbonyl (C=O) groups excluding carboxylic acids is 1. The van der Waals surface area contributed by atoms with Crippen molar-refractivity contribution in [3.05, 3.63) is 54.1 Å². The van der Waals surface area contributed by atoms with Crippen LogP contribution in [0.4, 0.5) is 11.4 Å². The van der Waals surface area contributed by atoms with Crippen LogP contribution in [0.5, 0.6) is 0 Å². The van der Waals surface area contributed by atoms with Crippen LogP contribution in [-0.4, -0.2) is 58.5 Å². The molecule has 0 spiro atoms. The maximum absolute atomic E-state index is 12.9. The van der Waals surface area contributed by atoms with Crippen LogP contribution in [0, 0.1) is 0 Å². The molecule has 2 aromatic rings. The smallest absolute Gasteiger partial charge is 0.261 e. The van der Waals surface area contributed by atoms with Gasteiger partial charge in [-0.2, -0.15) is 0 Å². The lowest BCUT2D eigenvalue weighted by atomic mass is 10.1. The predicted octanol–water partition coefficient (Wildman–Crippen LogP) is 2.13. The molecule has 2 N–H and O–H groups in total. The second-order valence-electron chi connectivity index (χ2n) is 7.39. The van der Waals surface area contributed by atoms with Crippen LogP contribution in [-0.2, 0) is 10.0 Å². The highest BCUT2D eigenvalue weighted by atomic mass is 32.2. The van der Waals surface area contributed by atoms with Crippen LogP contribution in [0.25, 0.3) is 0 Å². The van der Waals surface area contributed by atoms with Crippen LogP contribution < -0.4 is 14.9 Å². The molecule has 0 atom stereocenters. The molecule has 2 aromatic carbocycles. The highest BCUT2D eigenvalue weighted by Crippen LogP contribution is 2.30. The highest BCUT2D eigenvalue weighted by Gasteiger charge is 2.24. The van der Waals surface area contributed by atoms with E-state index >= 15 is 0 Å². The van der Waals surface area contributed by atoms with Gasteiger partial charge >= 0.3 is 0 Å². The Balaban J connectivity index is 1.69. The second-order valence-corrected chi connectivity index (χ2v) is 9.07. The lowest BCUT2D eigenvalue weighted by molar-refractivity contribution is 0.0793. The number of hydrogen-bond acceptors (Lipinski definition) is 5. The SMILES string of the molecule is O=C(c1ccc(N2CCNCC2)c(NS(=O)(=O)c2ccccc2)c1)N1CCCC1. The van der Waals surface area contributed by atoms with E-state index in [-0.39, 0.29) is 10.8 Å². The first-order valence-corrected chi connectivity index (χ1v) is 11.5. The van der Waals surface area contributed by atoms with Gasteiger partial charge in [-0.25, -0.2) is 8.42 Å². The van der Waals surface area contributed by atoms with Crippen molar-refractivity contribution in [1.29, 1.82) is 0 Å². The van der Waals surface area contributed by atoms with Crippen LogP contribution in [0.3, 0.4) is 0 Å². The number of piperazine rings is 1. The number of anilines is 2. The fourth-order valence-electron chi connectivity index (χ4n) is 3.84. The van der Waals surface area contributed by atoms with Gasteiger partial charge in [-0.15, -0.1) is 0 Å². The molecule has 0 aliphatic carbocycles. The van der Waals surface area contributed by atoms with E-state index in [4.69, 9.17) is 0 Å². The molecule has 0 radical (unpaired) electrons. The van der Waals surface area contributed by atoms with Crippen molar-refractivity contribution in [2.45, 2.75) is 17.7 Å². The fourth-order valence-corrected chi connectivity index (χ4v) is 4.92. The standard InChI is InChI=1S/C21H26N4O3S/c26-21(25-12-4-5-13-25)17-8-9-20(24-14-10-22-11-15-24)19(16-17)23-29(27,28)18-6-2-1-3-7-18/h1-3,6-9,16,22-23H,4-5,10-15H2. The van der Waals surface area contributed by atoms with Gasteiger partial charge in [-0.05, 0) is 43.2 Å². The monoisotopic (exact) mass is 414 g/mol. The first-order valence-electron chi connectivity index (χ1n) is 10.0. The number of likely N-dealkylation sites (tertiary alicyclic amines) is 1. The number of rotatable bonds is 5. The highest BCUT2D eigenvalue weighted by molar-refractivity contribution is 7.92. The number of sulfonamides is 1. The summed E-state index contributed by atoms with van der Waals surface area (Å²) in [6.45, 7) is 4.73. The van der Waals surface area contributed by atoms with Crippen LogP contribution in [0.2, 0.25) is 0 Å². The Hall–Kier alpha value is -2.58. The average Bonchev–Trinajstić information content (AvgIpc) is 3.29. The third kappa shape index (κ3) is 4.38. The zero-order valence-corrected chi connectivity index (χ0v) is 17.1. The maximum Gasteiger partial charge on any atom is 0.261 e. The largest absolute Gasteiger partial charge is 0.367 e. The molecule has 8 heteroatoms. The van der Waals surface area contributed by atoms with Crippen molar-refractivity contribution in [1.82, 2.24) is 10.2 Å². The van der Waals surface area contributed by atoms with Gasteiger partial charge < -0.3 is 15.1 Å². The number of carbonyl (C=O) groups is 1. The van der Waals surface area contributed by atoms with Gasteiger partial charge in [0.1, 0.15) is 0 Å². The molecule has 0 aromatic heterocycles. The molecule has 1 amide bonds. The van der Waals surface area contributed by atoms with E-state index in [9.17, 15) is 13.2 Å². The van der Waals surface area contributed by atoms with Gasteiger partial charge in [-0.1, -0.05) is 18.2 Å². The molecule has 2 heterocycles. The molecule has 0 saturated carbocycles.